The van der Waals surface area contributed by atoms with E-state index in [-0.39, 0.29) is 11.6 Å². The predicted molar refractivity (Wildman–Crippen MR) is 78.3 cm³/mol. The topological polar surface area (TPSA) is 41.5 Å². The Labute approximate surface area is 118 Å². The first-order chi connectivity index (χ1) is 9.18. The lowest BCUT2D eigenvalue weighted by molar-refractivity contribution is -0.0253. The summed E-state index contributed by atoms with van der Waals surface area (Å²) in [5.74, 6) is 0. The minimum atomic E-state index is -0.360. The second-order valence-electron chi connectivity index (χ2n) is 6.75. The van der Waals surface area contributed by atoms with Gasteiger partial charge in [0.05, 0.1) is 18.8 Å². The van der Waals surface area contributed by atoms with Crippen LogP contribution in [0, 0.1) is 0 Å². The van der Waals surface area contributed by atoms with Gasteiger partial charge in [-0.25, -0.2) is 0 Å². The summed E-state index contributed by atoms with van der Waals surface area (Å²) in [5.41, 5.74) is 0.240. The van der Waals surface area contributed by atoms with Crippen LogP contribution in [0.3, 0.4) is 0 Å². The minimum Gasteiger partial charge on any atom is -0.389 e. The van der Waals surface area contributed by atoms with Gasteiger partial charge in [0.2, 0.25) is 0 Å². The molecule has 0 spiro atoms. The highest BCUT2D eigenvalue weighted by Crippen LogP contribution is 2.27. The summed E-state index contributed by atoms with van der Waals surface area (Å²) in [7, 11) is 0. The largest absolute Gasteiger partial charge is 0.389 e. The molecule has 19 heavy (non-hydrogen) atoms. The Kier molecular flexibility index (Phi) is 6.11. The first kappa shape index (κ1) is 15.3. The van der Waals surface area contributed by atoms with E-state index in [1.807, 2.05) is 0 Å². The number of ether oxygens (including phenoxy) is 1. The molecular weight excluding hydrogens is 238 g/mol. The van der Waals surface area contributed by atoms with Gasteiger partial charge in [-0.1, -0.05) is 38.5 Å². The van der Waals surface area contributed by atoms with Crippen LogP contribution >= 0.6 is 0 Å². The highest BCUT2D eigenvalue weighted by atomic mass is 16.5. The third kappa shape index (κ3) is 5.41. The van der Waals surface area contributed by atoms with Crippen LogP contribution in [0.15, 0.2) is 0 Å². The molecule has 0 amide bonds. The molecule has 3 nitrogen and oxygen atoms in total. The molecule has 0 bridgehead atoms. The van der Waals surface area contributed by atoms with Crippen molar-refractivity contribution in [2.24, 2.45) is 0 Å². The first-order valence-corrected chi connectivity index (χ1v) is 8.23. The smallest absolute Gasteiger partial charge is 0.0898 e. The van der Waals surface area contributed by atoms with E-state index in [1.165, 1.54) is 64.2 Å². The standard InChI is InChI=1S/C16H31NO2/c1-16(10-6-3-7-11-16)17-12-14(18)13-19-15-8-4-2-5-9-15/h14-15,17-18H,2-13H2,1H3. The highest BCUT2D eigenvalue weighted by molar-refractivity contribution is 4.86. The van der Waals surface area contributed by atoms with Crippen LogP contribution in [0.2, 0.25) is 0 Å². The lowest BCUT2D eigenvalue weighted by Crippen LogP contribution is -2.48. The molecule has 2 N–H and O–H groups in total. The highest BCUT2D eigenvalue weighted by Gasteiger charge is 2.26. The van der Waals surface area contributed by atoms with E-state index in [0.29, 0.717) is 19.3 Å². The summed E-state index contributed by atoms with van der Waals surface area (Å²) in [6.45, 7) is 3.46. The molecule has 0 heterocycles. The van der Waals surface area contributed by atoms with Crippen molar-refractivity contribution in [1.29, 1.82) is 0 Å². The molecule has 1 unspecified atom stereocenters. The van der Waals surface area contributed by atoms with Gasteiger partial charge in [-0.15, -0.1) is 0 Å². The Balaban J connectivity index is 1.59. The molecule has 2 aliphatic rings. The fraction of sp³-hybridized carbons (Fsp3) is 1.00. The average molecular weight is 269 g/mol. The van der Waals surface area contributed by atoms with Crippen LogP contribution in [0.25, 0.3) is 0 Å². The summed E-state index contributed by atoms with van der Waals surface area (Å²) in [6.07, 6.45) is 12.8. The van der Waals surface area contributed by atoms with E-state index in [2.05, 4.69) is 12.2 Å². The minimum absolute atomic E-state index is 0.240. The zero-order valence-corrected chi connectivity index (χ0v) is 12.5. The summed E-state index contributed by atoms with van der Waals surface area (Å²) < 4.78 is 5.83. The number of rotatable bonds is 6. The number of β-amino-alcohol motifs (C(OH)–C–C–N with tert-alkyl or cyclic N) is 1. The number of nitrogens with one attached hydrogen (secondary N) is 1. The molecule has 0 aromatic carbocycles. The van der Waals surface area contributed by atoms with Crippen molar-refractivity contribution in [3.05, 3.63) is 0 Å². The van der Waals surface area contributed by atoms with Crippen LogP contribution in [-0.4, -0.2) is 36.0 Å². The number of aliphatic hydroxyl groups excluding tert-OH is 1. The quantitative estimate of drug-likeness (QED) is 0.779. The maximum absolute atomic E-state index is 10.0. The van der Waals surface area contributed by atoms with Crippen LogP contribution in [-0.2, 0) is 4.74 Å². The fourth-order valence-corrected chi connectivity index (χ4v) is 3.41. The van der Waals surface area contributed by atoms with E-state index in [0.717, 1.165) is 0 Å². The molecule has 2 saturated carbocycles. The molecule has 3 heteroatoms. The fourth-order valence-electron chi connectivity index (χ4n) is 3.41. The van der Waals surface area contributed by atoms with Crippen molar-refractivity contribution in [1.82, 2.24) is 5.32 Å². The molecule has 0 saturated heterocycles. The average Bonchev–Trinajstić information content (AvgIpc) is 2.45. The van der Waals surface area contributed by atoms with Gasteiger partial charge in [-0.2, -0.15) is 0 Å². The SMILES string of the molecule is CC1(NCC(O)COC2CCCCC2)CCCCC1. The van der Waals surface area contributed by atoms with Gasteiger partial charge in [0.25, 0.3) is 0 Å². The summed E-state index contributed by atoms with van der Waals surface area (Å²) >= 11 is 0. The van der Waals surface area contributed by atoms with Crippen molar-refractivity contribution in [2.45, 2.75) is 88.9 Å². The second kappa shape index (κ2) is 7.61. The zero-order chi connectivity index (χ0) is 13.6. The lowest BCUT2D eigenvalue weighted by Gasteiger charge is -2.35. The maximum atomic E-state index is 10.0. The Morgan fingerprint density at radius 1 is 1.11 bits per heavy atom. The van der Waals surface area contributed by atoms with E-state index in [9.17, 15) is 5.11 Å². The molecule has 0 radical (unpaired) electrons. The molecule has 0 aliphatic heterocycles. The van der Waals surface area contributed by atoms with Crippen LogP contribution in [0.4, 0.5) is 0 Å². The van der Waals surface area contributed by atoms with Gasteiger partial charge in [0.15, 0.2) is 0 Å². The van der Waals surface area contributed by atoms with Gasteiger partial charge in [0.1, 0.15) is 0 Å². The molecule has 2 rings (SSSR count). The molecule has 2 fully saturated rings. The molecule has 0 aromatic rings. The van der Waals surface area contributed by atoms with E-state index in [1.54, 1.807) is 0 Å². The van der Waals surface area contributed by atoms with Crippen molar-refractivity contribution >= 4 is 0 Å². The molecule has 112 valence electrons. The lowest BCUT2D eigenvalue weighted by atomic mass is 9.83. The van der Waals surface area contributed by atoms with Gasteiger partial charge in [0, 0.05) is 12.1 Å². The van der Waals surface area contributed by atoms with Crippen molar-refractivity contribution in [3.8, 4) is 0 Å². The Morgan fingerprint density at radius 2 is 1.74 bits per heavy atom. The van der Waals surface area contributed by atoms with E-state index < -0.39 is 0 Å². The van der Waals surface area contributed by atoms with Crippen LogP contribution in [0.5, 0.6) is 0 Å². The maximum Gasteiger partial charge on any atom is 0.0898 e. The third-order valence-electron chi connectivity index (χ3n) is 4.80. The van der Waals surface area contributed by atoms with Crippen molar-refractivity contribution in [2.75, 3.05) is 13.2 Å². The summed E-state index contributed by atoms with van der Waals surface area (Å²) in [4.78, 5) is 0. The number of hydrogen-bond donors (Lipinski definition) is 2. The van der Waals surface area contributed by atoms with Gasteiger partial charge >= 0.3 is 0 Å². The molecule has 2 aliphatic carbocycles. The van der Waals surface area contributed by atoms with Crippen LogP contribution in [0.1, 0.15) is 71.1 Å². The summed E-state index contributed by atoms with van der Waals surface area (Å²) in [6, 6.07) is 0. The summed E-state index contributed by atoms with van der Waals surface area (Å²) in [5, 5.41) is 13.6. The van der Waals surface area contributed by atoms with Gasteiger partial charge in [-0.05, 0) is 32.6 Å². The van der Waals surface area contributed by atoms with Gasteiger partial charge in [-0.3, -0.25) is 0 Å². The normalized spacial score (nSPS) is 26.2. The van der Waals surface area contributed by atoms with Crippen molar-refractivity contribution in [3.63, 3.8) is 0 Å². The number of hydrogen-bond acceptors (Lipinski definition) is 3. The van der Waals surface area contributed by atoms with Crippen LogP contribution < -0.4 is 5.32 Å². The zero-order valence-electron chi connectivity index (χ0n) is 12.5. The number of aliphatic hydroxyl groups is 1. The Bertz CT molecular complexity index is 245. The van der Waals surface area contributed by atoms with Crippen molar-refractivity contribution < 1.29 is 9.84 Å². The van der Waals surface area contributed by atoms with E-state index in [4.69, 9.17) is 4.74 Å². The van der Waals surface area contributed by atoms with Gasteiger partial charge < -0.3 is 15.2 Å². The molecule has 0 aromatic heterocycles. The van der Waals surface area contributed by atoms with E-state index >= 15 is 0 Å². The predicted octanol–water partition coefficient (Wildman–Crippen LogP) is 3.01. The second-order valence-corrected chi connectivity index (χ2v) is 6.75. The Hall–Kier alpha value is -0.120. The monoisotopic (exact) mass is 269 g/mol. The Morgan fingerprint density at radius 3 is 2.42 bits per heavy atom. The third-order valence-corrected chi connectivity index (χ3v) is 4.80. The molecule has 1 atom stereocenters. The molecular formula is C16H31NO2. The first-order valence-electron chi connectivity index (χ1n) is 8.23.